The maximum Gasteiger partial charge on any atom is 0.252 e. The second-order valence-electron chi connectivity index (χ2n) is 6.72. The first kappa shape index (κ1) is 22.0. The SMILES string of the molecule is CCCc1cc(=O)[nH]c(N/N=C/c2ccc(OCc3ccccc3F)c(OCC)c2)n1. The molecule has 0 aliphatic carbocycles. The van der Waals surface area contributed by atoms with Crippen LogP contribution in [0.4, 0.5) is 10.3 Å². The van der Waals surface area contributed by atoms with Crippen LogP contribution in [0.3, 0.4) is 0 Å². The first-order valence-electron chi connectivity index (χ1n) is 10.1. The number of nitrogens with zero attached hydrogens (tertiary/aromatic N) is 2. The lowest BCUT2D eigenvalue weighted by atomic mass is 10.2. The van der Waals surface area contributed by atoms with Gasteiger partial charge in [-0.2, -0.15) is 5.10 Å². The molecule has 0 aliphatic rings. The summed E-state index contributed by atoms with van der Waals surface area (Å²) in [7, 11) is 0. The fourth-order valence-corrected chi connectivity index (χ4v) is 2.88. The molecule has 0 bridgehead atoms. The van der Waals surface area contributed by atoms with E-state index in [-0.39, 0.29) is 23.9 Å². The fourth-order valence-electron chi connectivity index (χ4n) is 2.88. The molecule has 0 unspecified atom stereocenters. The Labute approximate surface area is 180 Å². The minimum Gasteiger partial charge on any atom is -0.490 e. The van der Waals surface area contributed by atoms with Crippen molar-refractivity contribution in [2.45, 2.75) is 33.3 Å². The lowest BCUT2D eigenvalue weighted by Crippen LogP contribution is -2.12. The molecular formula is C23H25FN4O3. The molecule has 2 aromatic carbocycles. The summed E-state index contributed by atoms with van der Waals surface area (Å²) in [6.07, 6.45) is 3.19. The minimum atomic E-state index is -0.315. The molecule has 3 aromatic rings. The van der Waals surface area contributed by atoms with Crippen LogP contribution in [0.5, 0.6) is 11.5 Å². The average molecular weight is 424 g/mol. The monoisotopic (exact) mass is 424 g/mol. The Morgan fingerprint density at radius 1 is 1.13 bits per heavy atom. The highest BCUT2D eigenvalue weighted by Crippen LogP contribution is 2.29. The number of anilines is 1. The van der Waals surface area contributed by atoms with Gasteiger partial charge in [-0.15, -0.1) is 0 Å². The maximum absolute atomic E-state index is 13.8. The zero-order valence-corrected chi connectivity index (χ0v) is 17.5. The highest BCUT2D eigenvalue weighted by Gasteiger charge is 2.08. The van der Waals surface area contributed by atoms with Crippen LogP contribution in [-0.4, -0.2) is 22.8 Å². The van der Waals surface area contributed by atoms with Gasteiger partial charge >= 0.3 is 0 Å². The van der Waals surface area contributed by atoms with Crippen molar-refractivity contribution < 1.29 is 13.9 Å². The lowest BCUT2D eigenvalue weighted by Gasteiger charge is -2.13. The Hall–Kier alpha value is -3.68. The summed E-state index contributed by atoms with van der Waals surface area (Å²) >= 11 is 0. The van der Waals surface area contributed by atoms with Gasteiger partial charge in [0.2, 0.25) is 5.95 Å². The molecule has 0 saturated carbocycles. The van der Waals surface area contributed by atoms with Gasteiger partial charge in [0.25, 0.3) is 5.56 Å². The Balaban J connectivity index is 1.70. The molecule has 1 heterocycles. The topological polar surface area (TPSA) is 88.6 Å². The van der Waals surface area contributed by atoms with Crippen LogP contribution in [0.25, 0.3) is 0 Å². The highest BCUT2D eigenvalue weighted by atomic mass is 19.1. The number of rotatable bonds is 10. The van der Waals surface area contributed by atoms with E-state index in [1.807, 2.05) is 13.8 Å². The number of hydrogen-bond acceptors (Lipinski definition) is 6. The van der Waals surface area contributed by atoms with Crippen molar-refractivity contribution in [3.63, 3.8) is 0 Å². The molecule has 3 rings (SSSR count). The number of aryl methyl sites for hydroxylation is 1. The Morgan fingerprint density at radius 2 is 1.97 bits per heavy atom. The number of aromatic amines is 1. The van der Waals surface area contributed by atoms with E-state index in [1.54, 1.807) is 42.6 Å². The van der Waals surface area contributed by atoms with Crippen LogP contribution >= 0.6 is 0 Å². The lowest BCUT2D eigenvalue weighted by molar-refractivity contribution is 0.266. The summed E-state index contributed by atoms with van der Waals surface area (Å²) in [6, 6.07) is 13.3. The van der Waals surface area contributed by atoms with Crippen LogP contribution in [-0.2, 0) is 13.0 Å². The van der Waals surface area contributed by atoms with Crippen molar-refractivity contribution >= 4 is 12.2 Å². The number of hydrogen-bond donors (Lipinski definition) is 2. The van der Waals surface area contributed by atoms with E-state index in [4.69, 9.17) is 9.47 Å². The number of H-pyrrole nitrogens is 1. The van der Waals surface area contributed by atoms with Gasteiger partial charge in [0.05, 0.1) is 12.8 Å². The molecule has 0 atom stereocenters. The van der Waals surface area contributed by atoms with Gasteiger partial charge in [-0.3, -0.25) is 9.78 Å². The molecule has 0 amide bonds. The number of benzene rings is 2. The molecule has 162 valence electrons. The molecule has 8 heteroatoms. The third kappa shape index (κ3) is 6.40. The summed E-state index contributed by atoms with van der Waals surface area (Å²) in [4.78, 5) is 18.6. The smallest absolute Gasteiger partial charge is 0.252 e. The summed E-state index contributed by atoms with van der Waals surface area (Å²) in [5.41, 5.74) is 4.43. The van der Waals surface area contributed by atoms with Crippen LogP contribution in [0.15, 0.2) is 58.4 Å². The van der Waals surface area contributed by atoms with Crippen molar-refractivity contribution in [3.05, 3.63) is 81.5 Å². The molecule has 31 heavy (non-hydrogen) atoms. The second-order valence-corrected chi connectivity index (χ2v) is 6.72. The molecule has 2 N–H and O–H groups in total. The van der Waals surface area contributed by atoms with Crippen molar-refractivity contribution in [3.8, 4) is 11.5 Å². The Morgan fingerprint density at radius 3 is 2.74 bits per heavy atom. The van der Waals surface area contributed by atoms with Gasteiger partial charge in [-0.05, 0) is 43.2 Å². The molecule has 0 saturated heterocycles. The van der Waals surface area contributed by atoms with E-state index in [2.05, 4.69) is 20.5 Å². The van der Waals surface area contributed by atoms with Crippen LogP contribution in [0, 0.1) is 5.82 Å². The zero-order valence-electron chi connectivity index (χ0n) is 17.5. The number of hydrazone groups is 1. The van der Waals surface area contributed by atoms with Gasteiger partial charge in [-0.25, -0.2) is 14.8 Å². The first-order valence-corrected chi connectivity index (χ1v) is 10.1. The standard InChI is InChI=1S/C23H25FN4O3/c1-3-7-18-13-22(29)27-23(26-18)28-25-14-16-10-11-20(21(12-16)30-4-2)31-15-17-8-5-6-9-19(17)24/h5-6,8-14H,3-4,7,15H2,1-2H3,(H2,26,27,28,29)/b25-14+. The number of halogens is 1. The van der Waals surface area contributed by atoms with E-state index < -0.39 is 0 Å². The molecule has 0 radical (unpaired) electrons. The second kappa shape index (κ2) is 10.9. The molecular weight excluding hydrogens is 399 g/mol. The summed E-state index contributed by atoms with van der Waals surface area (Å²) in [6.45, 7) is 4.43. The molecule has 1 aromatic heterocycles. The molecule has 0 spiro atoms. The van der Waals surface area contributed by atoms with Gasteiger partial charge in [0.1, 0.15) is 12.4 Å². The van der Waals surface area contributed by atoms with Crippen LogP contribution in [0.1, 0.15) is 37.1 Å². The van der Waals surface area contributed by atoms with Gasteiger partial charge in [-0.1, -0.05) is 31.5 Å². The van der Waals surface area contributed by atoms with Crippen molar-refractivity contribution in [1.82, 2.24) is 9.97 Å². The van der Waals surface area contributed by atoms with Crippen molar-refractivity contribution in [1.29, 1.82) is 0 Å². The Bertz CT molecular complexity index is 1100. The van der Waals surface area contributed by atoms with Crippen molar-refractivity contribution in [2.24, 2.45) is 5.10 Å². The summed E-state index contributed by atoms with van der Waals surface area (Å²) < 4.78 is 25.2. The highest BCUT2D eigenvalue weighted by molar-refractivity contribution is 5.81. The summed E-state index contributed by atoms with van der Waals surface area (Å²) in [5, 5.41) is 4.14. The predicted octanol–water partition coefficient (Wildman–Crippen LogP) is 4.29. The van der Waals surface area contributed by atoms with Gasteiger partial charge in [0, 0.05) is 17.3 Å². The molecule has 0 aliphatic heterocycles. The average Bonchev–Trinajstić information content (AvgIpc) is 2.74. The van der Waals surface area contributed by atoms with E-state index in [9.17, 15) is 9.18 Å². The van der Waals surface area contributed by atoms with Gasteiger partial charge in [0.15, 0.2) is 11.5 Å². The zero-order chi connectivity index (χ0) is 22.1. The number of aromatic nitrogens is 2. The normalized spacial score (nSPS) is 10.9. The summed E-state index contributed by atoms with van der Waals surface area (Å²) in [5.74, 6) is 1.000. The maximum atomic E-state index is 13.8. The van der Waals surface area contributed by atoms with Crippen LogP contribution in [0.2, 0.25) is 0 Å². The van der Waals surface area contributed by atoms with Gasteiger partial charge < -0.3 is 9.47 Å². The number of ether oxygens (including phenoxy) is 2. The van der Waals surface area contributed by atoms with E-state index >= 15 is 0 Å². The third-order valence-corrected chi connectivity index (χ3v) is 4.29. The quantitative estimate of drug-likeness (QED) is 0.375. The third-order valence-electron chi connectivity index (χ3n) is 4.29. The minimum absolute atomic E-state index is 0.0921. The van der Waals surface area contributed by atoms with E-state index in [1.165, 1.54) is 12.1 Å². The first-order chi connectivity index (χ1) is 15.1. The predicted molar refractivity (Wildman–Crippen MR) is 118 cm³/mol. The van der Waals surface area contributed by atoms with Crippen LogP contribution < -0.4 is 20.5 Å². The Kier molecular flexibility index (Phi) is 7.75. The molecule has 0 fully saturated rings. The number of nitrogens with one attached hydrogen (secondary N) is 2. The largest absolute Gasteiger partial charge is 0.490 e. The molecule has 7 nitrogen and oxygen atoms in total. The van der Waals surface area contributed by atoms with Crippen molar-refractivity contribution in [2.75, 3.05) is 12.0 Å². The van der Waals surface area contributed by atoms with E-state index in [0.717, 1.165) is 12.0 Å². The fraction of sp³-hybridized carbons (Fsp3) is 0.261. The van der Waals surface area contributed by atoms with E-state index in [0.29, 0.717) is 35.8 Å².